The van der Waals surface area contributed by atoms with Crippen molar-refractivity contribution in [2.45, 2.75) is 6.54 Å². The molecule has 1 aliphatic rings. The molecule has 152 valence electrons. The van der Waals surface area contributed by atoms with Crippen molar-refractivity contribution < 1.29 is 9.21 Å². The minimum atomic E-state index is -0.595. The summed E-state index contributed by atoms with van der Waals surface area (Å²) in [5.74, 6) is 1.33. The molecule has 0 radical (unpaired) electrons. The minimum Gasteiger partial charge on any atom is -0.454 e. The van der Waals surface area contributed by atoms with Gasteiger partial charge in [0.2, 0.25) is 0 Å². The van der Waals surface area contributed by atoms with E-state index in [4.69, 9.17) is 10.2 Å². The van der Waals surface area contributed by atoms with Gasteiger partial charge in [0.25, 0.3) is 11.5 Å². The van der Waals surface area contributed by atoms with Gasteiger partial charge in [0, 0.05) is 52.7 Å². The lowest BCUT2D eigenvalue weighted by Crippen LogP contribution is -2.53. The van der Waals surface area contributed by atoms with Gasteiger partial charge < -0.3 is 29.8 Å². The Morgan fingerprint density at radius 2 is 2.04 bits per heavy atom. The van der Waals surface area contributed by atoms with E-state index in [1.165, 1.54) is 4.57 Å². The first kappa shape index (κ1) is 21.7. The summed E-state index contributed by atoms with van der Waals surface area (Å²) in [5.41, 5.74) is 5.09. The fourth-order valence-corrected chi connectivity index (χ4v) is 2.94. The van der Waals surface area contributed by atoms with Gasteiger partial charge in [-0.15, -0.1) is 24.0 Å². The molecule has 2 aromatic heterocycles. The SMILES string of the molecule is CN=C(NCc1ccc(C(N)=O)o1)N1CCN(c2nccn(C)c2=O)CC1.I. The van der Waals surface area contributed by atoms with Crippen LogP contribution in [-0.4, -0.2) is 59.5 Å². The molecule has 10 nitrogen and oxygen atoms in total. The van der Waals surface area contributed by atoms with E-state index in [9.17, 15) is 9.59 Å². The average molecular weight is 501 g/mol. The maximum atomic E-state index is 12.2. The second-order valence-corrected chi connectivity index (χ2v) is 6.17. The summed E-state index contributed by atoms with van der Waals surface area (Å²) in [6, 6.07) is 3.25. The Morgan fingerprint density at radius 3 is 2.64 bits per heavy atom. The van der Waals surface area contributed by atoms with Crippen LogP contribution in [0.15, 0.2) is 38.7 Å². The Hall–Kier alpha value is -2.57. The van der Waals surface area contributed by atoms with E-state index in [0.29, 0.717) is 44.3 Å². The Labute approximate surface area is 179 Å². The zero-order valence-corrected chi connectivity index (χ0v) is 18.1. The summed E-state index contributed by atoms with van der Waals surface area (Å²) in [6.45, 7) is 3.12. The van der Waals surface area contributed by atoms with E-state index < -0.39 is 5.91 Å². The maximum absolute atomic E-state index is 12.2. The molecule has 3 rings (SSSR count). The first-order valence-corrected chi connectivity index (χ1v) is 8.60. The number of aryl methyl sites for hydroxylation is 1. The molecule has 3 heterocycles. The van der Waals surface area contributed by atoms with Crippen molar-refractivity contribution in [3.63, 3.8) is 0 Å². The van der Waals surface area contributed by atoms with Crippen LogP contribution in [0.25, 0.3) is 0 Å². The van der Waals surface area contributed by atoms with Crippen molar-refractivity contribution >= 4 is 41.7 Å². The quantitative estimate of drug-likeness (QED) is 0.343. The molecule has 0 saturated carbocycles. The summed E-state index contributed by atoms with van der Waals surface area (Å²) in [6.07, 6.45) is 3.28. The lowest BCUT2D eigenvalue weighted by Gasteiger charge is -2.36. The monoisotopic (exact) mass is 501 g/mol. The molecule has 0 aliphatic carbocycles. The molecule has 3 N–H and O–H groups in total. The zero-order chi connectivity index (χ0) is 19.4. The van der Waals surface area contributed by atoms with Gasteiger partial charge in [0.15, 0.2) is 17.5 Å². The number of amides is 1. The van der Waals surface area contributed by atoms with Gasteiger partial charge >= 0.3 is 0 Å². The van der Waals surface area contributed by atoms with Crippen molar-refractivity contribution in [3.8, 4) is 0 Å². The topological polar surface area (TPSA) is 122 Å². The van der Waals surface area contributed by atoms with E-state index in [0.717, 1.165) is 5.96 Å². The lowest BCUT2D eigenvalue weighted by molar-refractivity contribution is 0.0972. The van der Waals surface area contributed by atoms with Gasteiger partial charge in [-0.25, -0.2) is 4.98 Å². The van der Waals surface area contributed by atoms with Crippen LogP contribution in [0.3, 0.4) is 0 Å². The summed E-state index contributed by atoms with van der Waals surface area (Å²) in [5, 5.41) is 3.21. The normalized spacial score (nSPS) is 14.6. The number of furan rings is 1. The minimum absolute atomic E-state index is 0. The molecular weight excluding hydrogens is 477 g/mol. The average Bonchev–Trinajstić information content (AvgIpc) is 3.14. The first-order valence-electron chi connectivity index (χ1n) is 8.60. The molecule has 1 fully saturated rings. The number of aliphatic imine (C=N–C) groups is 1. The van der Waals surface area contributed by atoms with Crippen molar-refractivity contribution in [2.75, 3.05) is 38.1 Å². The van der Waals surface area contributed by atoms with Crippen LogP contribution in [0.1, 0.15) is 16.3 Å². The fourth-order valence-electron chi connectivity index (χ4n) is 2.94. The number of hydrogen-bond donors (Lipinski definition) is 2. The number of hydrogen-bond acceptors (Lipinski definition) is 6. The number of carbonyl (C=O) groups is 1. The Kier molecular flexibility index (Phi) is 7.43. The smallest absolute Gasteiger partial charge is 0.293 e. The van der Waals surface area contributed by atoms with Crippen LogP contribution in [0.2, 0.25) is 0 Å². The molecule has 11 heteroatoms. The number of primary amides is 1. The molecular formula is C17H24IN7O3. The van der Waals surface area contributed by atoms with Gasteiger partial charge in [-0.1, -0.05) is 0 Å². The van der Waals surface area contributed by atoms with E-state index in [1.807, 2.05) is 4.90 Å². The number of carbonyl (C=O) groups excluding carboxylic acids is 1. The molecule has 0 atom stereocenters. The number of nitrogens with one attached hydrogen (secondary N) is 1. The molecule has 0 unspecified atom stereocenters. The molecule has 1 aliphatic heterocycles. The summed E-state index contributed by atoms with van der Waals surface area (Å²) < 4.78 is 6.89. The Morgan fingerprint density at radius 1 is 1.32 bits per heavy atom. The zero-order valence-electron chi connectivity index (χ0n) is 15.8. The Balaban J connectivity index is 0.00000280. The van der Waals surface area contributed by atoms with Gasteiger partial charge in [-0.2, -0.15) is 0 Å². The third-order valence-corrected chi connectivity index (χ3v) is 4.41. The summed E-state index contributed by atoms with van der Waals surface area (Å²) in [4.78, 5) is 35.9. The molecule has 1 amide bonds. The third-order valence-electron chi connectivity index (χ3n) is 4.41. The largest absolute Gasteiger partial charge is 0.454 e. The van der Waals surface area contributed by atoms with Crippen molar-refractivity contribution in [3.05, 3.63) is 46.4 Å². The van der Waals surface area contributed by atoms with Gasteiger partial charge in [-0.3, -0.25) is 14.6 Å². The number of guanidine groups is 1. The number of nitrogens with two attached hydrogens (primary N) is 1. The van der Waals surface area contributed by atoms with Crippen LogP contribution < -0.4 is 21.5 Å². The molecule has 0 bridgehead atoms. The van der Waals surface area contributed by atoms with Crippen LogP contribution in [0.5, 0.6) is 0 Å². The number of rotatable bonds is 4. The number of aromatic nitrogens is 2. The van der Waals surface area contributed by atoms with Crippen LogP contribution in [0.4, 0.5) is 5.82 Å². The van der Waals surface area contributed by atoms with Crippen molar-refractivity contribution in [1.82, 2.24) is 19.8 Å². The second-order valence-electron chi connectivity index (χ2n) is 6.17. The third kappa shape index (κ3) is 4.82. The van der Waals surface area contributed by atoms with E-state index in [-0.39, 0.29) is 35.3 Å². The molecule has 1 saturated heterocycles. The van der Waals surface area contributed by atoms with E-state index in [1.54, 1.807) is 38.6 Å². The fraction of sp³-hybridized carbons (Fsp3) is 0.412. The predicted octanol–water partition coefficient (Wildman–Crippen LogP) is -0.0122. The van der Waals surface area contributed by atoms with Crippen LogP contribution >= 0.6 is 24.0 Å². The Bertz CT molecular complexity index is 900. The molecule has 2 aromatic rings. The highest BCUT2D eigenvalue weighted by atomic mass is 127. The maximum Gasteiger partial charge on any atom is 0.293 e. The molecule has 0 spiro atoms. The molecule has 0 aromatic carbocycles. The number of halogens is 1. The highest BCUT2D eigenvalue weighted by molar-refractivity contribution is 14.0. The van der Waals surface area contributed by atoms with E-state index >= 15 is 0 Å². The highest BCUT2D eigenvalue weighted by Gasteiger charge is 2.22. The number of nitrogens with zero attached hydrogens (tertiary/aromatic N) is 5. The predicted molar refractivity (Wildman–Crippen MR) is 116 cm³/mol. The van der Waals surface area contributed by atoms with Crippen LogP contribution in [-0.2, 0) is 13.6 Å². The first-order chi connectivity index (χ1) is 13.0. The summed E-state index contributed by atoms with van der Waals surface area (Å²) >= 11 is 0. The highest BCUT2D eigenvalue weighted by Crippen LogP contribution is 2.10. The van der Waals surface area contributed by atoms with Gasteiger partial charge in [-0.05, 0) is 12.1 Å². The van der Waals surface area contributed by atoms with Gasteiger partial charge in [0.1, 0.15) is 5.76 Å². The van der Waals surface area contributed by atoms with Crippen molar-refractivity contribution in [2.24, 2.45) is 17.8 Å². The van der Waals surface area contributed by atoms with Crippen molar-refractivity contribution in [1.29, 1.82) is 0 Å². The lowest BCUT2D eigenvalue weighted by atomic mass is 10.3. The van der Waals surface area contributed by atoms with Gasteiger partial charge in [0.05, 0.1) is 6.54 Å². The molecule has 28 heavy (non-hydrogen) atoms. The second kappa shape index (κ2) is 9.57. The summed E-state index contributed by atoms with van der Waals surface area (Å²) in [7, 11) is 3.42. The standard InChI is InChI=1S/C17H23N7O3.HI/c1-19-17(21-11-12-3-4-13(27-12)14(18)25)24-9-7-23(8-10-24)15-16(26)22(2)6-5-20-15;/h3-6H,7-11H2,1-2H3,(H2,18,25)(H,19,21);1H. The van der Waals surface area contributed by atoms with E-state index in [2.05, 4.69) is 20.2 Å². The number of piperazine rings is 1. The van der Waals surface area contributed by atoms with Crippen LogP contribution in [0, 0.1) is 0 Å². The number of anilines is 1.